The van der Waals surface area contributed by atoms with Gasteiger partial charge in [0.05, 0.1) is 12.3 Å². The fourth-order valence-corrected chi connectivity index (χ4v) is 2.50. The van der Waals surface area contributed by atoms with Crippen LogP contribution in [0.15, 0.2) is 42.0 Å². The lowest BCUT2D eigenvalue weighted by atomic mass is 10.2. The summed E-state index contributed by atoms with van der Waals surface area (Å²) in [4.78, 5) is 34.7. The largest absolute Gasteiger partial charge is 0.484 e. The van der Waals surface area contributed by atoms with Crippen molar-refractivity contribution in [2.24, 2.45) is 5.10 Å². The van der Waals surface area contributed by atoms with E-state index < -0.39 is 11.8 Å². The van der Waals surface area contributed by atoms with E-state index in [-0.39, 0.29) is 25.0 Å². The highest BCUT2D eigenvalue weighted by molar-refractivity contribution is 5.97. The SMILES string of the molecule is C=CCNC(=O)CC(=O)N/N=C/c1ccc(OCC(=O)NC[C@@H]2CCCO2)cc1. The maximum Gasteiger partial charge on any atom is 0.258 e. The molecule has 1 heterocycles. The molecule has 1 atom stereocenters. The number of amides is 3. The second-order valence-corrected chi connectivity index (χ2v) is 6.36. The first-order valence-electron chi connectivity index (χ1n) is 9.37. The molecule has 1 aromatic carbocycles. The minimum Gasteiger partial charge on any atom is -0.484 e. The molecule has 2 rings (SSSR count). The summed E-state index contributed by atoms with van der Waals surface area (Å²) in [6.07, 6.45) is 4.75. The van der Waals surface area contributed by atoms with Crippen LogP contribution in [0.25, 0.3) is 0 Å². The van der Waals surface area contributed by atoms with Crippen LogP contribution in [0.2, 0.25) is 0 Å². The minimum atomic E-state index is -0.517. The number of carbonyl (C=O) groups excluding carboxylic acids is 3. The Hall–Kier alpha value is -3.20. The molecule has 29 heavy (non-hydrogen) atoms. The smallest absolute Gasteiger partial charge is 0.258 e. The Morgan fingerprint density at radius 1 is 1.17 bits per heavy atom. The summed E-state index contributed by atoms with van der Waals surface area (Å²) in [5.41, 5.74) is 3.00. The molecule has 0 spiro atoms. The van der Waals surface area contributed by atoms with Gasteiger partial charge in [-0.3, -0.25) is 14.4 Å². The zero-order valence-corrected chi connectivity index (χ0v) is 16.2. The third kappa shape index (κ3) is 9.02. The van der Waals surface area contributed by atoms with Crippen LogP contribution in [-0.4, -0.2) is 56.3 Å². The molecule has 3 N–H and O–H groups in total. The van der Waals surface area contributed by atoms with Crippen molar-refractivity contribution in [1.29, 1.82) is 0 Å². The van der Waals surface area contributed by atoms with Crippen molar-refractivity contribution >= 4 is 23.9 Å². The highest BCUT2D eigenvalue weighted by Gasteiger charge is 2.16. The minimum absolute atomic E-state index is 0.0792. The lowest BCUT2D eigenvalue weighted by Crippen LogP contribution is -2.35. The van der Waals surface area contributed by atoms with E-state index in [1.54, 1.807) is 24.3 Å². The summed E-state index contributed by atoms with van der Waals surface area (Å²) >= 11 is 0. The summed E-state index contributed by atoms with van der Waals surface area (Å²) in [7, 11) is 0. The highest BCUT2D eigenvalue weighted by Crippen LogP contribution is 2.12. The van der Waals surface area contributed by atoms with Crippen molar-refractivity contribution in [2.75, 3.05) is 26.3 Å². The molecule has 3 amide bonds. The van der Waals surface area contributed by atoms with Gasteiger partial charge in [0.2, 0.25) is 11.8 Å². The molecule has 1 saturated heterocycles. The predicted molar refractivity (Wildman–Crippen MR) is 107 cm³/mol. The van der Waals surface area contributed by atoms with E-state index in [1.165, 1.54) is 12.3 Å². The second kappa shape index (κ2) is 12.3. The van der Waals surface area contributed by atoms with Gasteiger partial charge in [0, 0.05) is 19.7 Å². The van der Waals surface area contributed by atoms with E-state index >= 15 is 0 Å². The van der Waals surface area contributed by atoms with E-state index in [0.29, 0.717) is 18.8 Å². The third-order valence-electron chi connectivity index (χ3n) is 3.97. The van der Waals surface area contributed by atoms with E-state index in [1.807, 2.05) is 0 Å². The van der Waals surface area contributed by atoms with Crippen LogP contribution in [-0.2, 0) is 19.1 Å². The molecule has 1 aliphatic rings. The molecule has 156 valence electrons. The number of hydrazone groups is 1. The predicted octanol–water partition coefficient (Wildman–Crippen LogP) is 0.503. The highest BCUT2D eigenvalue weighted by atomic mass is 16.5. The van der Waals surface area contributed by atoms with Crippen LogP contribution in [0.4, 0.5) is 0 Å². The fourth-order valence-electron chi connectivity index (χ4n) is 2.50. The molecular formula is C20H26N4O5. The van der Waals surface area contributed by atoms with E-state index in [2.05, 4.69) is 27.7 Å². The van der Waals surface area contributed by atoms with Crippen molar-refractivity contribution < 1.29 is 23.9 Å². The van der Waals surface area contributed by atoms with Gasteiger partial charge < -0.3 is 20.1 Å². The summed E-state index contributed by atoms with van der Waals surface area (Å²) < 4.78 is 10.9. The van der Waals surface area contributed by atoms with Crippen LogP contribution < -0.4 is 20.8 Å². The van der Waals surface area contributed by atoms with Gasteiger partial charge in [-0.05, 0) is 42.7 Å². The first-order valence-corrected chi connectivity index (χ1v) is 9.37. The van der Waals surface area contributed by atoms with Crippen molar-refractivity contribution in [3.63, 3.8) is 0 Å². The Morgan fingerprint density at radius 2 is 1.97 bits per heavy atom. The Kier molecular flexibility index (Phi) is 9.37. The number of nitrogens with one attached hydrogen (secondary N) is 3. The zero-order chi connectivity index (χ0) is 20.9. The molecule has 9 heteroatoms. The van der Waals surface area contributed by atoms with Crippen LogP contribution >= 0.6 is 0 Å². The van der Waals surface area contributed by atoms with Gasteiger partial charge in [-0.25, -0.2) is 5.43 Å². The zero-order valence-electron chi connectivity index (χ0n) is 16.2. The maximum atomic E-state index is 11.8. The van der Waals surface area contributed by atoms with E-state index in [0.717, 1.165) is 25.0 Å². The molecule has 0 unspecified atom stereocenters. The molecule has 0 radical (unpaired) electrons. The van der Waals surface area contributed by atoms with Crippen LogP contribution in [0.3, 0.4) is 0 Å². The van der Waals surface area contributed by atoms with Gasteiger partial charge in [-0.15, -0.1) is 6.58 Å². The normalized spacial score (nSPS) is 15.7. The van der Waals surface area contributed by atoms with Gasteiger partial charge >= 0.3 is 0 Å². The lowest BCUT2D eigenvalue weighted by Gasteiger charge is -2.11. The van der Waals surface area contributed by atoms with E-state index in [9.17, 15) is 14.4 Å². The molecule has 1 aromatic rings. The Bertz CT molecular complexity index is 727. The van der Waals surface area contributed by atoms with Gasteiger partial charge in [0.25, 0.3) is 5.91 Å². The van der Waals surface area contributed by atoms with Gasteiger partial charge in [0.1, 0.15) is 12.2 Å². The molecule has 0 bridgehead atoms. The number of benzene rings is 1. The first kappa shape index (κ1) is 22.1. The monoisotopic (exact) mass is 402 g/mol. The topological polar surface area (TPSA) is 118 Å². The maximum absolute atomic E-state index is 11.8. The summed E-state index contributed by atoms with van der Waals surface area (Å²) in [5, 5.41) is 9.09. The Labute approximate surface area is 169 Å². The van der Waals surface area contributed by atoms with Crippen molar-refractivity contribution in [3.05, 3.63) is 42.5 Å². The fraction of sp³-hybridized carbons (Fsp3) is 0.400. The van der Waals surface area contributed by atoms with E-state index in [4.69, 9.17) is 9.47 Å². The van der Waals surface area contributed by atoms with Crippen LogP contribution in [0.1, 0.15) is 24.8 Å². The third-order valence-corrected chi connectivity index (χ3v) is 3.97. The van der Waals surface area contributed by atoms with Crippen LogP contribution in [0, 0.1) is 0 Å². The molecule has 9 nitrogen and oxygen atoms in total. The quantitative estimate of drug-likeness (QED) is 0.216. The van der Waals surface area contributed by atoms with Crippen LogP contribution in [0.5, 0.6) is 5.75 Å². The average molecular weight is 402 g/mol. The van der Waals surface area contributed by atoms with Gasteiger partial charge in [-0.1, -0.05) is 6.08 Å². The Balaban J connectivity index is 1.66. The molecular weight excluding hydrogens is 376 g/mol. The molecule has 0 aromatic heterocycles. The summed E-state index contributed by atoms with van der Waals surface area (Å²) in [6, 6.07) is 6.84. The first-order chi connectivity index (χ1) is 14.1. The molecule has 0 saturated carbocycles. The second-order valence-electron chi connectivity index (χ2n) is 6.36. The molecule has 0 aliphatic carbocycles. The summed E-state index contributed by atoms with van der Waals surface area (Å²) in [5.74, 6) is -0.584. The van der Waals surface area contributed by atoms with Crippen molar-refractivity contribution in [2.45, 2.75) is 25.4 Å². The number of rotatable bonds is 11. The molecule has 1 aliphatic heterocycles. The van der Waals surface area contributed by atoms with Crippen molar-refractivity contribution in [3.8, 4) is 5.75 Å². The number of hydrogen-bond acceptors (Lipinski definition) is 6. The lowest BCUT2D eigenvalue weighted by molar-refractivity contribution is -0.129. The number of nitrogens with zero attached hydrogens (tertiary/aromatic N) is 1. The number of carbonyl (C=O) groups is 3. The Morgan fingerprint density at radius 3 is 2.66 bits per heavy atom. The van der Waals surface area contributed by atoms with Gasteiger partial charge in [0.15, 0.2) is 6.61 Å². The van der Waals surface area contributed by atoms with Crippen molar-refractivity contribution in [1.82, 2.24) is 16.1 Å². The number of hydrogen-bond donors (Lipinski definition) is 3. The standard InChI is InChI=1S/C20H26N4O5/c1-2-9-21-18(25)11-19(26)24-23-12-15-5-7-16(8-6-15)29-14-20(27)22-13-17-4-3-10-28-17/h2,5-8,12,17H,1,3-4,9-11,13-14H2,(H,21,25)(H,22,27)(H,24,26)/b23-12+/t17-/m0/s1. The molecule has 1 fully saturated rings. The number of ether oxygens (including phenoxy) is 2. The summed E-state index contributed by atoms with van der Waals surface area (Å²) in [6.45, 7) is 4.95. The average Bonchev–Trinajstić information content (AvgIpc) is 3.24. The van der Waals surface area contributed by atoms with Gasteiger partial charge in [-0.2, -0.15) is 5.10 Å².